The van der Waals surface area contributed by atoms with Gasteiger partial charge in [-0.05, 0) is 44.2 Å². The summed E-state index contributed by atoms with van der Waals surface area (Å²) in [5.41, 5.74) is 2.13. The van der Waals surface area contributed by atoms with Gasteiger partial charge in [0.1, 0.15) is 17.5 Å². The molecule has 0 bridgehead atoms. The zero-order valence-corrected chi connectivity index (χ0v) is 19.8. The fourth-order valence-electron chi connectivity index (χ4n) is 3.02. The number of aliphatic carboxylic acids is 1. The highest BCUT2D eigenvalue weighted by Crippen LogP contribution is 2.32. The lowest BCUT2D eigenvalue weighted by molar-refractivity contribution is -0.136. The number of anilines is 2. The molecule has 0 aliphatic heterocycles. The second kappa shape index (κ2) is 10.6. The molecule has 0 spiro atoms. The molecule has 10 nitrogen and oxygen atoms in total. The Morgan fingerprint density at radius 2 is 1.85 bits per heavy atom. The number of rotatable bonds is 9. The summed E-state index contributed by atoms with van der Waals surface area (Å²) in [6.45, 7) is 3.34. The zero-order valence-electron chi connectivity index (χ0n) is 18.2. The Bertz CT molecular complexity index is 1290. The van der Waals surface area contributed by atoms with E-state index in [1.165, 1.54) is 12.1 Å². The number of sulfonamides is 1. The highest BCUT2D eigenvalue weighted by atomic mass is 35.5. The van der Waals surface area contributed by atoms with Crippen molar-refractivity contribution < 1.29 is 32.4 Å². The van der Waals surface area contributed by atoms with Gasteiger partial charge in [0, 0.05) is 21.8 Å². The highest BCUT2D eigenvalue weighted by Gasteiger charge is 2.21. The zero-order chi connectivity index (χ0) is 24.9. The second-order valence-electron chi connectivity index (χ2n) is 7.31. The molecule has 1 aromatic heterocycles. The molecule has 0 saturated heterocycles. The topological polar surface area (TPSA) is 148 Å². The van der Waals surface area contributed by atoms with Crippen LogP contribution in [-0.2, 0) is 19.6 Å². The number of aryl methyl sites for hydroxylation is 1. The summed E-state index contributed by atoms with van der Waals surface area (Å²) in [5.74, 6) is -1.50. The van der Waals surface area contributed by atoms with Gasteiger partial charge < -0.3 is 14.4 Å². The smallest absolute Gasteiger partial charge is 0.412 e. The van der Waals surface area contributed by atoms with E-state index in [1.807, 2.05) is 0 Å². The number of carbonyl (C=O) groups is 2. The average molecular weight is 508 g/mol. The van der Waals surface area contributed by atoms with E-state index in [4.69, 9.17) is 26.0 Å². The standard InChI is InChI=1S/C22H22ClN3O7S/c1-13-20(24-22(29)32-14(2)17-5-3-4-6-18(17)23)21(33-25-13)15-7-9-16(10-8-15)26-34(30,31)12-11-19(27)28/h3-10,14,26H,11-12H2,1-2H3,(H,24,29)(H,27,28)/t14-/m1/s1. The number of nitrogens with one attached hydrogen (secondary N) is 2. The van der Waals surface area contributed by atoms with Crippen LogP contribution in [0.15, 0.2) is 53.1 Å². The molecule has 0 aliphatic carbocycles. The van der Waals surface area contributed by atoms with E-state index in [0.717, 1.165) is 0 Å². The molecule has 0 radical (unpaired) electrons. The molecule has 0 aliphatic rings. The molecule has 1 amide bonds. The molecule has 2 aromatic carbocycles. The number of ether oxygens (including phenoxy) is 1. The van der Waals surface area contributed by atoms with E-state index in [9.17, 15) is 18.0 Å². The molecular formula is C22H22ClN3O7S. The molecule has 3 aromatic rings. The summed E-state index contributed by atoms with van der Waals surface area (Å²) >= 11 is 6.15. The molecule has 180 valence electrons. The second-order valence-corrected chi connectivity index (χ2v) is 9.56. The van der Waals surface area contributed by atoms with E-state index in [-0.39, 0.29) is 11.4 Å². The third kappa shape index (κ3) is 6.49. The van der Waals surface area contributed by atoms with Crippen LogP contribution < -0.4 is 10.0 Å². The van der Waals surface area contributed by atoms with Crippen LogP contribution in [-0.4, -0.2) is 36.5 Å². The predicted molar refractivity (Wildman–Crippen MR) is 126 cm³/mol. The molecule has 3 rings (SSSR count). The van der Waals surface area contributed by atoms with Crippen LogP contribution in [0.3, 0.4) is 0 Å². The maximum Gasteiger partial charge on any atom is 0.412 e. The van der Waals surface area contributed by atoms with Crippen molar-refractivity contribution in [1.29, 1.82) is 0 Å². The van der Waals surface area contributed by atoms with E-state index in [1.54, 1.807) is 50.2 Å². The molecule has 3 N–H and O–H groups in total. The summed E-state index contributed by atoms with van der Waals surface area (Å²) in [6.07, 6.45) is -1.85. The van der Waals surface area contributed by atoms with Gasteiger partial charge in [-0.3, -0.25) is 14.8 Å². The van der Waals surface area contributed by atoms with Crippen LogP contribution in [0.2, 0.25) is 5.02 Å². The lowest BCUT2D eigenvalue weighted by Crippen LogP contribution is -2.18. The number of halogens is 1. The number of carboxylic acids is 1. The van der Waals surface area contributed by atoms with Crippen molar-refractivity contribution in [3.63, 3.8) is 0 Å². The fourth-order valence-corrected chi connectivity index (χ4v) is 4.35. The van der Waals surface area contributed by atoms with Crippen LogP contribution in [0, 0.1) is 6.92 Å². The number of nitrogens with zero attached hydrogens (tertiary/aromatic N) is 1. The number of hydrogen-bond donors (Lipinski definition) is 3. The van der Waals surface area contributed by atoms with Gasteiger partial charge in [0.15, 0.2) is 5.76 Å². The average Bonchev–Trinajstić information content (AvgIpc) is 3.13. The summed E-state index contributed by atoms with van der Waals surface area (Å²) in [6, 6.07) is 13.1. The third-order valence-electron chi connectivity index (χ3n) is 4.72. The van der Waals surface area contributed by atoms with Crippen molar-refractivity contribution in [2.24, 2.45) is 0 Å². The van der Waals surface area contributed by atoms with E-state index < -0.39 is 40.4 Å². The van der Waals surface area contributed by atoms with Crippen LogP contribution in [0.25, 0.3) is 11.3 Å². The first-order valence-electron chi connectivity index (χ1n) is 10.1. The number of carbonyl (C=O) groups excluding carboxylic acids is 1. The van der Waals surface area contributed by atoms with Gasteiger partial charge in [0.2, 0.25) is 10.0 Å². The molecule has 0 saturated carbocycles. The molecule has 1 atom stereocenters. The maximum absolute atomic E-state index is 12.5. The molecule has 12 heteroatoms. The number of benzene rings is 2. The van der Waals surface area contributed by atoms with Crippen LogP contribution in [0.5, 0.6) is 0 Å². The fraction of sp³-hybridized carbons (Fsp3) is 0.227. The van der Waals surface area contributed by atoms with E-state index in [0.29, 0.717) is 27.5 Å². The molecular weight excluding hydrogens is 486 g/mol. The summed E-state index contributed by atoms with van der Waals surface area (Å²) < 4.78 is 37.0. The normalized spacial score (nSPS) is 12.1. The minimum Gasteiger partial charge on any atom is -0.481 e. The number of hydrogen-bond acceptors (Lipinski definition) is 7. The predicted octanol–water partition coefficient (Wildman–Crippen LogP) is 4.83. The van der Waals surface area contributed by atoms with Crippen molar-refractivity contribution in [2.75, 3.05) is 15.8 Å². The molecule has 1 heterocycles. The molecule has 34 heavy (non-hydrogen) atoms. The van der Waals surface area contributed by atoms with E-state index in [2.05, 4.69) is 15.2 Å². The summed E-state index contributed by atoms with van der Waals surface area (Å²) in [7, 11) is -3.81. The Kier molecular flexibility index (Phi) is 7.79. The SMILES string of the molecule is Cc1noc(-c2ccc(NS(=O)(=O)CCC(=O)O)cc2)c1NC(=O)O[C@H](C)c1ccccc1Cl. The Morgan fingerprint density at radius 3 is 2.50 bits per heavy atom. The number of carboxylic acid groups (broad SMARTS) is 1. The quantitative estimate of drug-likeness (QED) is 0.373. The first-order chi connectivity index (χ1) is 16.1. The van der Waals surface area contributed by atoms with Crippen molar-refractivity contribution >= 4 is 45.1 Å². The number of aromatic nitrogens is 1. The third-order valence-corrected chi connectivity index (χ3v) is 6.35. The molecule has 0 unspecified atom stereocenters. The first kappa shape index (κ1) is 25.1. The van der Waals surface area contributed by atoms with Gasteiger partial charge in [-0.2, -0.15) is 0 Å². The number of amides is 1. The molecule has 0 fully saturated rings. The maximum atomic E-state index is 12.5. The Hall–Kier alpha value is -3.57. The summed E-state index contributed by atoms with van der Waals surface area (Å²) in [4.78, 5) is 23.1. The summed E-state index contributed by atoms with van der Waals surface area (Å²) in [5, 5.41) is 15.7. The van der Waals surface area contributed by atoms with Crippen molar-refractivity contribution in [2.45, 2.75) is 26.4 Å². The minimum absolute atomic E-state index is 0.243. The van der Waals surface area contributed by atoms with Gasteiger partial charge >= 0.3 is 12.1 Å². The lowest BCUT2D eigenvalue weighted by atomic mass is 10.1. The largest absolute Gasteiger partial charge is 0.481 e. The monoisotopic (exact) mass is 507 g/mol. The minimum atomic E-state index is -3.81. The first-order valence-corrected chi connectivity index (χ1v) is 12.1. The van der Waals surface area contributed by atoms with E-state index >= 15 is 0 Å². The van der Waals surface area contributed by atoms with Gasteiger partial charge in [-0.15, -0.1) is 0 Å². The highest BCUT2D eigenvalue weighted by molar-refractivity contribution is 7.92. The Labute approximate surface area is 200 Å². The Balaban J connectivity index is 1.71. The van der Waals surface area contributed by atoms with Crippen molar-refractivity contribution in [3.05, 3.63) is 64.8 Å². The lowest BCUT2D eigenvalue weighted by Gasteiger charge is -2.15. The Morgan fingerprint density at radius 1 is 1.18 bits per heavy atom. The van der Waals surface area contributed by atoms with Crippen LogP contribution in [0.4, 0.5) is 16.2 Å². The van der Waals surface area contributed by atoms with Gasteiger partial charge in [-0.25, -0.2) is 13.2 Å². The van der Waals surface area contributed by atoms with Gasteiger partial charge in [0.05, 0.1) is 12.2 Å². The van der Waals surface area contributed by atoms with Gasteiger partial charge in [-0.1, -0.05) is 35.0 Å². The van der Waals surface area contributed by atoms with Crippen molar-refractivity contribution in [1.82, 2.24) is 5.16 Å². The van der Waals surface area contributed by atoms with Crippen LogP contribution in [0.1, 0.15) is 30.7 Å². The van der Waals surface area contributed by atoms with Crippen molar-refractivity contribution in [3.8, 4) is 11.3 Å². The van der Waals surface area contributed by atoms with Crippen LogP contribution >= 0.6 is 11.6 Å². The van der Waals surface area contributed by atoms with Gasteiger partial charge in [0.25, 0.3) is 0 Å².